The average Bonchev–Trinajstić information content (AvgIpc) is 2.67. The Labute approximate surface area is 154 Å². The number of ether oxygens (including phenoxy) is 1. The molecule has 0 spiro atoms. The van der Waals surface area contributed by atoms with Crippen molar-refractivity contribution in [1.29, 1.82) is 0 Å². The van der Waals surface area contributed by atoms with Crippen molar-refractivity contribution in [3.63, 3.8) is 0 Å². The summed E-state index contributed by atoms with van der Waals surface area (Å²) in [5.41, 5.74) is 6.33. The first-order chi connectivity index (χ1) is 12.9. The molecule has 0 bridgehead atoms. The number of anilines is 1. The van der Waals surface area contributed by atoms with E-state index in [1.165, 1.54) is 18.2 Å². The van der Waals surface area contributed by atoms with Gasteiger partial charge in [0, 0.05) is 44.1 Å². The fourth-order valence-corrected chi connectivity index (χ4v) is 2.71. The topological polar surface area (TPSA) is 79.9 Å². The summed E-state index contributed by atoms with van der Waals surface area (Å²) in [6, 6.07) is 7.64. The van der Waals surface area contributed by atoms with Crippen molar-refractivity contribution in [2.45, 2.75) is 12.9 Å². The minimum absolute atomic E-state index is 0.0000966. The molecule has 7 nitrogen and oxygen atoms in total. The van der Waals surface area contributed by atoms with Gasteiger partial charge in [0.25, 0.3) is 0 Å². The second-order valence-corrected chi connectivity index (χ2v) is 5.85. The van der Waals surface area contributed by atoms with Crippen LogP contribution in [-0.4, -0.2) is 53.4 Å². The maximum atomic E-state index is 12.5. The van der Waals surface area contributed by atoms with Gasteiger partial charge in [-0.15, -0.1) is 13.2 Å². The van der Waals surface area contributed by atoms with E-state index >= 15 is 0 Å². The van der Waals surface area contributed by atoms with Crippen LogP contribution in [0.5, 0.6) is 5.75 Å². The molecule has 1 saturated heterocycles. The van der Waals surface area contributed by atoms with Crippen LogP contribution in [-0.2, 0) is 6.54 Å². The Kier molecular flexibility index (Phi) is 5.63. The zero-order valence-corrected chi connectivity index (χ0v) is 14.4. The third-order valence-electron chi connectivity index (χ3n) is 4.05. The Balaban J connectivity index is 1.59. The summed E-state index contributed by atoms with van der Waals surface area (Å²) in [4.78, 5) is 16.6. The van der Waals surface area contributed by atoms with Gasteiger partial charge < -0.3 is 20.3 Å². The molecule has 1 fully saturated rings. The summed E-state index contributed by atoms with van der Waals surface area (Å²) in [6.45, 7) is 2.59. The van der Waals surface area contributed by atoms with Crippen LogP contribution in [0.3, 0.4) is 0 Å². The summed E-state index contributed by atoms with van der Waals surface area (Å²) in [7, 11) is 0. The Bertz CT molecular complexity index is 776. The molecular weight excluding hydrogens is 361 g/mol. The predicted octanol–water partition coefficient (Wildman–Crippen LogP) is 2.01. The number of alkyl halides is 3. The molecule has 1 aliphatic rings. The number of piperazine rings is 1. The number of aliphatic imine (C=N–C) groups is 1. The van der Waals surface area contributed by atoms with E-state index in [9.17, 15) is 13.2 Å². The van der Waals surface area contributed by atoms with E-state index in [-0.39, 0.29) is 18.3 Å². The van der Waals surface area contributed by atoms with Gasteiger partial charge in [-0.2, -0.15) is 0 Å². The molecule has 1 aliphatic heterocycles. The van der Waals surface area contributed by atoms with E-state index in [2.05, 4.69) is 19.7 Å². The lowest BCUT2D eigenvalue weighted by Crippen LogP contribution is -2.51. The number of guanidine groups is 1. The van der Waals surface area contributed by atoms with E-state index < -0.39 is 6.36 Å². The van der Waals surface area contributed by atoms with Gasteiger partial charge in [0.1, 0.15) is 5.75 Å². The van der Waals surface area contributed by atoms with E-state index in [0.717, 1.165) is 0 Å². The van der Waals surface area contributed by atoms with Crippen LogP contribution in [0.2, 0.25) is 0 Å². The van der Waals surface area contributed by atoms with Crippen LogP contribution in [0.4, 0.5) is 19.1 Å². The first-order valence-corrected chi connectivity index (χ1v) is 8.33. The van der Waals surface area contributed by atoms with Crippen LogP contribution in [0, 0.1) is 0 Å². The highest BCUT2D eigenvalue weighted by molar-refractivity contribution is 5.78. The Morgan fingerprint density at radius 1 is 1.07 bits per heavy atom. The molecule has 0 saturated carbocycles. The summed E-state index contributed by atoms with van der Waals surface area (Å²) in [5.74, 6) is 0.670. The number of rotatable bonds is 4. The number of hydrogen-bond acceptors (Lipinski definition) is 5. The summed E-state index contributed by atoms with van der Waals surface area (Å²) < 4.78 is 41.5. The van der Waals surface area contributed by atoms with Gasteiger partial charge >= 0.3 is 6.36 Å². The highest BCUT2D eigenvalue weighted by Crippen LogP contribution is 2.26. The van der Waals surface area contributed by atoms with Gasteiger partial charge in [-0.05, 0) is 12.1 Å². The Hall–Kier alpha value is -3.04. The SMILES string of the molecule is NC(=NCc1ccccc1OC(F)(F)F)N1CCN(c2ncccn2)CC1. The van der Waals surface area contributed by atoms with Crippen LogP contribution in [0.25, 0.3) is 0 Å². The monoisotopic (exact) mass is 380 g/mol. The summed E-state index contributed by atoms with van der Waals surface area (Å²) >= 11 is 0. The predicted molar refractivity (Wildman–Crippen MR) is 94.3 cm³/mol. The minimum Gasteiger partial charge on any atom is -0.405 e. The van der Waals surface area contributed by atoms with Crippen LogP contribution >= 0.6 is 0 Å². The van der Waals surface area contributed by atoms with Crippen molar-refractivity contribution < 1.29 is 17.9 Å². The molecule has 3 rings (SSSR count). The summed E-state index contributed by atoms with van der Waals surface area (Å²) in [6.07, 6.45) is -1.38. The van der Waals surface area contributed by atoms with Gasteiger partial charge in [-0.25, -0.2) is 15.0 Å². The quantitative estimate of drug-likeness (QED) is 0.646. The van der Waals surface area contributed by atoms with Crippen molar-refractivity contribution in [3.05, 3.63) is 48.3 Å². The molecule has 27 heavy (non-hydrogen) atoms. The van der Waals surface area contributed by atoms with Crippen molar-refractivity contribution in [3.8, 4) is 5.75 Å². The molecule has 2 N–H and O–H groups in total. The minimum atomic E-state index is -4.75. The van der Waals surface area contributed by atoms with Crippen LogP contribution in [0.1, 0.15) is 5.56 Å². The van der Waals surface area contributed by atoms with Crippen molar-refractivity contribution in [2.75, 3.05) is 31.1 Å². The third kappa shape index (κ3) is 5.22. The maximum absolute atomic E-state index is 12.5. The molecule has 0 atom stereocenters. The number of nitrogens with two attached hydrogens (primary N) is 1. The molecular formula is C17H19F3N6O. The fraction of sp³-hybridized carbons (Fsp3) is 0.353. The number of hydrogen-bond donors (Lipinski definition) is 1. The lowest BCUT2D eigenvalue weighted by atomic mass is 10.2. The molecule has 10 heteroatoms. The number of para-hydroxylation sites is 1. The van der Waals surface area contributed by atoms with Crippen LogP contribution < -0.4 is 15.4 Å². The first-order valence-electron chi connectivity index (χ1n) is 8.33. The molecule has 0 aliphatic carbocycles. The van der Waals surface area contributed by atoms with Gasteiger partial charge in [0.05, 0.1) is 6.54 Å². The van der Waals surface area contributed by atoms with E-state index in [0.29, 0.717) is 37.7 Å². The van der Waals surface area contributed by atoms with Gasteiger partial charge in [0.2, 0.25) is 5.95 Å². The maximum Gasteiger partial charge on any atom is 0.573 e. The average molecular weight is 380 g/mol. The van der Waals surface area contributed by atoms with Gasteiger partial charge in [-0.1, -0.05) is 18.2 Å². The highest BCUT2D eigenvalue weighted by Gasteiger charge is 2.32. The lowest BCUT2D eigenvalue weighted by Gasteiger charge is -2.35. The lowest BCUT2D eigenvalue weighted by molar-refractivity contribution is -0.274. The molecule has 1 aromatic heterocycles. The number of benzene rings is 1. The molecule has 0 unspecified atom stereocenters. The van der Waals surface area contributed by atoms with E-state index in [4.69, 9.17) is 5.73 Å². The summed E-state index contributed by atoms with van der Waals surface area (Å²) in [5, 5.41) is 0. The van der Waals surface area contributed by atoms with Gasteiger partial charge in [0.15, 0.2) is 5.96 Å². The third-order valence-corrected chi connectivity index (χ3v) is 4.05. The first kappa shape index (κ1) is 18.7. The van der Waals surface area contributed by atoms with E-state index in [1.807, 2.05) is 9.80 Å². The Morgan fingerprint density at radius 2 is 1.74 bits per heavy atom. The van der Waals surface area contributed by atoms with Crippen LogP contribution in [0.15, 0.2) is 47.7 Å². The molecule has 144 valence electrons. The molecule has 0 amide bonds. The van der Waals surface area contributed by atoms with Crippen molar-refractivity contribution >= 4 is 11.9 Å². The number of aromatic nitrogens is 2. The smallest absolute Gasteiger partial charge is 0.405 e. The second kappa shape index (κ2) is 8.11. The van der Waals surface area contributed by atoms with E-state index in [1.54, 1.807) is 24.5 Å². The Morgan fingerprint density at radius 3 is 2.41 bits per heavy atom. The zero-order valence-electron chi connectivity index (χ0n) is 14.4. The number of nitrogens with zero attached hydrogens (tertiary/aromatic N) is 5. The highest BCUT2D eigenvalue weighted by atomic mass is 19.4. The molecule has 1 aromatic carbocycles. The standard InChI is InChI=1S/C17H19F3N6O/c18-17(19,20)27-14-5-2-1-4-13(14)12-24-15(21)25-8-10-26(11-9-25)16-22-6-3-7-23-16/h1-7H,8-12H2,(H2,21,24). The van der Waals surface area contributed by atoms with Crippen molar-refractivity contribution in [1.82, 2.24) is 14.9 Å². The zero-order chi connectivity index (χ0) is 19.3. The fourth-order valence-electron chi connectivity index (χ4n) is 2.71. The second-order valence-electron chi connectivity index (χ2n) is 5.85. The molecule has 0 radical (unpaired) electrons. The molecule has 2 aromatic rings. The number of halogens is 3. The van der Waals surface area contributed by atoms with Gasteiger partial charge in [-0.3, -0.25) is 0 Å². The van der Waals surface area contributed by atoms with Crippen molar-refractivity contribution in [2.24, 2.45) is 10.7 Å². The largest absolute Gasteiger partial charge is 0.573 e. The molecule has 2 heterocycles. The normalized spacial score (nSPS) is 15.7.